The first kappa shape index (κ1) is 7.65. The summed E-state index contributed by atoms with van der Waals surface area (Å²) in [7, 11) is 0. The first-order chi connectivity index (χ1) is 5.15. The molecule has 58 valence electrons. The molecule has 0 atom stereocenters. The number of hydrogen-bond donors (Lipinski definition) is 1. The Bertz CT molecular complexity index is 275. The van der Waals surface area contributed by atoms with Gasteiger partial charge in [-0.2, -0.15) is 0 Å². The summed E-state index contributed by atoms with van der Waals surface area (Å²) in [4.78, 5) is 3.29. The number of phenols is 1. The van der Waals surface area contributed by atoms with Crippen molar-refractivity contribution in [2.24, 2.45) is 4.99 Å². The van der Waals surface area contributed by atoms with Gasteiger partial charge in [0.05, 0.1) is 5.69 Å². The summed E-state index contributed by atoms with van der Waals surface area (Å²) in [6, 6.07) is 1.79. The highest BCUT2D eigenvalue weighted by Crippen LogP contribution is 2.25. The Kier molecular flexibility index (Phi) is 1.85. The Morgan fingerprint density at radius 2 is 1.73 bits per heavy atom. The van der Waals surface area contributed by atoms with Crippen LogP contribution in [0.25, 0.3) is 0 Å². The van der Waals surface area contributed by atoms with Crippen molar-refractivity contribution in [1.82, 2.24) is 0 Å². The van der Waals surface area contributed by atoms with Crippen molar-refractivity contribution in [3.05, 3.63) is 23.8 Å². The molecule has 0 unspecified atom stereocenters. The van der Waals surface area contributed by atoms with E-state index in [2.05, 4.69) is 11.7 Å². The molecular formula is C7H5F2NO. The second-order valence-corrected chi connectivity index (χ2v) is 1.92. The fraction of sp³-hybridized carbons (Fsp3) is 0. The molecule has 0 amide bonds. The van der Waals surface area contributed by atoms with Crippen molar-refractivity contribution in [3.8, 4) is 5.75 Å². The van der Waals surface area contributed by atoms with Crippen LogP contribution in [0.1, 0.15) is 0 Å². The highest BCUT2D eigenvalue weighted by molar-refractivity contribution is 5.48. The van der Waals surface area contributed by atoms with Crippen LogP contribution in [0.2, 0.25) is 0 Å². The topological polar surface area (TPSA) is 32.6 Å². The monoisotopic (exact) mass is 157 g/mol. The smallest absolute Gasteiger partial charge is 0.187 e. The zero-order chi connectivity index (χ0) is 8.43. The molecule has 1 N–H and O–H groups in total. The van der Waals surface area contributed by atoms with E-state index in [0.717, 1.165) is 12.1 Å². The minimum Gasteiger partial charge on any atom is -0.503 e. The third-order valence-electron chi connectivity index (χ3n) is 1.18. The molecule has 0 saturated carbocycles. The maximum Gasteiger partial charge on any atom is 0.187 e. The standard InChI is InChI=1S/C7H5F2NO/c1-10-4-2-5(8)7(11)6(9)3-4/h2-3,11H,1H2. The van der Waals surface area contributed by atoms with Crippen molar-refractivity contribution < 1.29 is 13.9 Å². The highest BCUT2D eigenvalue weighted by atomic mass is 19.1. The van der Waals surface area contributed by atoms with Crippen molar-refractivity contribution in [2.45, 2.75) is 0 Å². The third kappa shape index (κ3) is 1.34. The van der Waals surface area contributed by atoms with Crippen molar-refractivity contribution in [2.75, 3.05) is 0 Å². The quantitative estimate of drug-likeness (QED) is 0.621. The Morgan fingerprint density at radius 1 is 1.27 bits per heavy atom. The summed E-state index contributed by atoms with van der Waals surface area (Å²) in [5, 5.41) is 8.61. The van der Waals surface area contributed by atoms with Gasteiger partial charge in [0.1, 0.15) is 0 Å². The van der Waals surface area contributed by atoms with E-state index >= 15 is 0 Å². The van der Waals surface area contributed by atoms with Crippen LogP contribution in [0, 0.1) is 11.6 Å². The average Bonchev–Trinajstić information content (AvgIpc) is 1.99. The number of aromatic hydroxyl groups is 1. The van der Waals surface area contributed by atoms with E-state index in [1.54, 1.807) is 0 Å². The summed E-state index contributed by atoms with van der Waals surface area (Å²) < 4.78 is 24.9. The molecule has 0 fully saturated rings. The van der Waals surface area contributed by atoms with Crippen LogP contribution in [0.3, 0.4) is 0 Å². The fourth-order valence-electron chi connectivity index (χ4n) is 0.643. The van der Waals surface area contributed by atoms with Gasteiger partial charge in [-0.1, -0.05) is 0 Å². The van der Waals surface area contributed by atoms with Gasteiger partial charge in [-0.05, 0) is 6.72 Å². The van der Waals surface area contributed by atoms with E-state index in [1.807, 2.05) is 0 Å². The van der Waals surface area contributed by atoms with E-state index in [0.29, 0.717) is 0 Å². The Morgan fingerprint density at radius 3 is 2.09 bits per heavy atom. The van der Waals surface area contributed by atoms with E-state index in [4.69, 9.17) is 5.11 Å². The van der Waals surface area contributed by atoms with E-state index in [9.17, 15) is 8.78 Å². The molecule has 1 aromatic rings. The highest BCUT2D eigenvalue weighted by Gasteiger charge is 2.07. The summed E-state index contributed by atoms with van der Waals surface area (Å²) in [6.07, 6.45) is 0. The lowest BCUT2D eigenvalue weighted by Crippen LogP contribution is -1.81. The summed E-state index contributed by atoms with van der Waals surface area (Å²) >= 11 is 0. The van der Waals surface area contributed by atoms with Crippen LogP contribution in [0.4, 0.5) is 14.5 Å². The number of halogens is 2. The van der Waals surface area contributed by atoms with Gasteiger partial charge in [-0.15, -0.1) is 0 Å². The van der Waals surface area contributed by atoms with Crippen LogP contribution < -0.4 is 0 Å². The molecule has 0 spiro atoms. The van der Waals surface area contributed by atoms with Crippen molar-refractivity contribution in [1.29, 1.82) is 0 Å². The van der Waals surface area contributed by atoms with Gasteiger partial charge in [0.15, 0.2) is 17.4 Å². The number of aliphatic imine (C=N–C) groups is 1. The van der Waals surface area contributed by atoms with Crippen molar-refractivity contribution in [3.63, 3.8) is 0 Å². The predicted molar refractivity (Wildman–Crippen MR) is 37.2 cm³/mol. The van der Waals surface area contributed by atoms with Gasteiger partial charge in [-0.3, -0.25) is 4.99 Å². The van der Waals surface area contributed by atoms with E-state index < -0.39 is 17.4 Å². The molecule has 4 heteroatoms. The van der Waals surface area contributed by atoms with E-state index in [1.165, 1.54) is 0 Å². The van der Waals surface area contributed by atoms with Crippen LogP contribution in [0.5, 0.6) is 5.75 Å². The number of nitrogens with zero attached hydrogens (tertiary/aromatic N) is 1. The summed E-state index contributed by atoms with van der Waals surface area (Å²) in [5.74, 6) is -3.06. The third-order valence-corrected chi connectivity index (χ3v) is 1.18. The maximum atomic E-state index is 12.4. The second-order valence-electron chi connectivity index (χ2n) is 1.92. The maximum absolute atomic E-state index is 12.4. The lowest BCUT2D eigenvalue weighted by molar-refractivity contribution is 0.396. The lowest BCUT2D eigenvalue weighted by atomic mass is 10.3. The molecule has 0 bridgehead atoms. The first-order valence-electron chi connectivity index (χ1n) is 2.80. The summed E-state index contributed by atoms with van der Waals surface area (Å²) in [5.41, 5.74) is 0.0535. The molecule has 0 saturated heterocycles. The normalized spacial score (nSPS) is 9.64. The molecule has 2 nitrogen and oxygen atoms in total. The molecule has 0 aliphatic rings. The van der Waals surface area contributed by atoms with Crippen LogP contribution in [-0.4, -0.2) is 11.8 Å². The molecule has 0 aliphatic carbocycles. The first-order valence-corrected chi connectivity index (χ1v) is 2.80. The molecule has 0 heterocycles. The molecule has 0 aliphatic heterocycles. The fourth-order valence-corrected chi connectivity index (χ4v) is 0.643. The average molecular weight is 157 g/mol. The van der Waals surface area contributed by atoms with Crippen LogP contribution in [0.15, 0.2) is 17.1 Å². The van der Waals surface area contributed by atoms with Gasteiger partial charge in [0.2, 0.25) is 0 Å². The van der Waals surface area contributed by atoms with Gasteiger partial charge in [0.25, 0.3) is 0 Å². The SMILES string of the molecule is C=Nc1cc(F)c(O)c(F)c1. The zero-order valence-electron chi connectivity index (χ0n) is 5.51. The minimum atomic E-state index is -1.03. The Hall–Kier alpha value is -1.45. The molecule has 0 radical (unpaired) electrons. The molecule has 1 aromatic carbocycles. The molecule has 1 rings (SSSR count). The predicted octanol–water partition coefficient (Wildman–Crippen LogP) is 2.00. The van der Waals surface area contributed by atoms with Crippen LogP contribution >= 0.6 is 0 Å². The van der Waals surface area contributed by atoms with Crippen LogP contribution in [-0.2, 0) is 0 Å². The lowest BCUT2D eigenvalue weighted by Gasteiger charge is -1.97. The number of benzene rings is 1. The Balaban J connectivity index is 3.31. The largest absolute Gasteiger partial charge is 0.503 e. The van der Waals surface area contributed by atoms with Gasteiger partial charge >= 0.3 is 0 Å². The molecule has 11 heavy (non-hydrogen) atoms. The number of hydrogen-bond acceptors (Lipinski definition) is 2. The van der Waals surface area contributed by atoms with E-state index in [-0.39, 0.29) is 5.69 Å². The van der Waals surface area contributed by atoms with Gasteiger partial charge in [-0.25, -0.2) is 8.78 Å². The second kappa shape index (κ2) is 2.65. The minimum absolute atomic E-state index is 0.0535. The molecule has 0 aromatic heterocycles. The van der Waals surface area contributed by atoms with Gasteiger partial charge < -0.3 is 5.11 Å². The van der Waals surface area contributed by atoms with Gasteiger partial charge in [0, 0.05) is 12.1 Å². The summed E-state index contributed by atoms with van der Waals surface area (Å²) in [6.45, 7) is 3.08. The number of phenolic OH excluding ortho intramolecular Hbond substituents is 1. The zero-order valence-corrected chi connectivity index (χ0v) is 5.51. The molecular weight excluding hydrogens is 152 g/mol. The Labute approximate surface area is 61.8 Å². The number of rotatable bonds is 1. The van der Waals surface area contributed by atoms with Crippen molar-refractivity contribution >= 4 is 12.4 Å².